The second kappa shape index (κ2) is 4.93. The minimum Gasteiger partial charge on any atom is -0.198 e. The summed E-state index contributed by atoms with van der Waals surface area (Å²) in [7, 11) is 0. The average molecular weight is 231 g/mol. The lowest BCUT2D eigenvalue weighted by Gasteiger charge is -2.11. The highest BCUT2D eigenvalue weighted by molar-refractivity contribution is 7.98. The Morgan fingerprint density at radius 1 is 1.38 bits per heavy atom. The summed E-state index contributed by atoms with van der Waals surface area (Å²) in [5.41, 5.74) is 3.18. The average Bonchev–Trinajstić information content (AvgIpc) is 3.02. The van der Waals surface area contributed by atoms with E-state index in [1.54, 1.807) is 0 Å². The molecule has 84 valence electrons. The Bertz CT molecular complexity index is 401. The van der Waals surface area contributed by atoms with Crippen LogP contribution in [0.4, 0.5) is 0 Å². The van der Waals surface area contributed by atoms with Gasteiger partial charge in [-0.1, -0.05) is 24.3 Å². The molecule has 1 aromatic carbocycles. The van der Waals surface area contributed by atoms with E-state index in [9.17, 15) is 0 Å². The topological polar surface area (TPSA) is 23.8 Å². The highest BCUT2D eigenvalue weighted by Gasteiger charge is 2.41. The van der Waals surface area contributed by atoms with Crippen molar-refractivity contribution in [1.29, 1.82) is 5.26 Å². The first-order valence-electron chi connectivity index (χ1n) is 5.75. The molecular weight excluding hydrogens is 214 g/mol. The summed E-state index contributed by atoms with van der Waals surface area (Å²) in [6.07, 6.45) is 3.25. The van der Waals surface area contributed by atoms with Crippen LogP contribution in [-0.4, -0.2) is 5.75 Å². The van der Waals surface area contributed by atoms with Crippen molar-refractivity contribution in [2.45, 2.75) is 31.9 Å². The van der Waals surface area contributed by atoms with Gasteiger partial charge in [-0.05, 0) is 36.3 Å². The summed E-state index contributed by atoms with van der Waals surface area (Å²) in [5.74, 6) is 2.23. The molecule has 1 nitrogen and oxygen atoms in total. The van der Waals surface area contributed by atoms with E-state index in [-0.39, 0.29) is 0 Å². The third kappa shape index (κ3) is 2.80. The van der Waals surface area contributed by atoms with Crippen molar-refractivity contribution < 1.29 is 0 Å². The Labute approximate surface area is 102 Å². The van der Waals surface area contributed by atoms with Crippen LogP contribution in [0.3, 0.4) is 0 Å². The van der Waals surface area contributed by atoms with Crippen LogP contribution >= 0.6 is 11.8 Å². The van der Waals surface area contributed by atoms with Crippen LogP contribution < -0.4 is 0 Å². The van der Waals surface area contributed by atoms with Crippen molar-refractivity contribution in [1.82, 2.24) is 0 Å². The van der Waals surface area contributed by atoms with Crippen LogP contribution in [0.2, 0.25) is 0 Å². The molecule has 1 aromatic rings. The van der Waals surface area contributed by atoms with E-state index in [2.05, 4.69) is 37.3 Å². The Morgan fingerprint density at radius 2 is 2.12 bits per heavy atom. The first-order valence-corrected chi connectivity index (χ1v) is 6.90. The molecule has 0 saturated heterocycles. The second-order valence-corrected chi connectivity index (χ2v) is 5.74. The molecule has 0 radical (unpaired) electrons. The van der Waals surface area contributed by atoms with Crippen molar-refractivity contribution in [3.63, 3.8) is 0 Å². The molecule has 0 N–H and O–H groups in total. The number of nitriles is 1. The molecule has 0 aromatic heterocycles. The van der Waals surface area contributed by atoms with Gasteiger partial charge < -0.3 is 0 Å². The molecule has 0 spiro atoms. The molecule has 1 aliphatic carbocycles. The van der Waals surface area contributed by atoms with Gasteiger partial charge in [0.15, 0.2) is 0 Å². The van der Waals surface area contributed by atoms with Crippen LogP contribution in [0.1, 0.15) is 30.4 Å². The largest absolute Gasteiger partial charge is 0.198 e. The van der Waals surface area contributed by atoms with E-state index in [1.165, 1.54) is 24.0 Å². The van der Waals surface area contributed by atoms with E-state index in [0.717, 1.165) is 17.9 Å². The number of aryl methyl sites for hydroxylation is 1. The number of hydrogen-bond donors (Lipinski definition) is 0. The SMILES string of the molecule is Cc1ccccc1CSCC1(CC#N)CC1. The van der Waals surface area contributed by atoms with Crippen molar-refractivity contribution in [3.05, 3.63) is 35.4 Å². The summed E-state index contributed by atoms with van der Waals surface area (Å²) >= 11 is 1.98. The molecule has 2 rings (SSSR count). The maximum Gasteiger partial charge on any atom is 0.0627 e. The van der Waals surface area contributed by atoms with Gasteiger partial charge in [-0.15, -0.1) is 0 Å². The lowest BCUT2D eigenvalue weighted by molar-refractivity contribution is 0.604. The van der Waals surface area contributed by atoms with Crippen LogP contribution in [0.5, 0.6) is 0 Å². The number of rotatable bonds is 5. The fraction of sp³-hybridized carbons (Fsp3) is 0.500. The summed E-state index contributed by atoms with van der Waals surface area (Å²) in [5, 5.41) is 8.74. The standard InChI is InChI=1S/C14H17NS/c1-12-4-2-3-5-13(12)10-16-11-14(6-7-14)8-9-15/h2-5H,6-8,10-11H2,1H3. The molecule has 1 aliphatic rings. The molecule has 1 saturated carbocycles. The van der Waals surface area contributed by atoms with Crippen LogP contribution in [0.25, 0.3) is 0 Å². The molecule has 0 aliphatic heterocycles. The summed E-state index contributed by atoms with van der Waals surface area (Å²) in [6, 6.07) is 10.9. The first-order chi connectivity index (χ1) is 7.76. The van der Waals surface area contributed by atoms with Crippen LogP contribution in [-0.2, 0) is 5.75 Å². The smallest absolute Gasteiger partial charge is 0.0627 e. The van der Waals surface area contributed by atoms with Gasteiger partial charge in [-0.2, -0.15) is 17.0 Å². The molecule has 0 unspecified atom stereocenters. The van der Waals surface area contributed by atoms with Crippen molar-refractivity contribution in [3.8, 4) is 6.07 Å². The van der Waals surface area contributed by atoms with Gasteiger partial charge in [0.2, 0.25) is 0 Å². The summed E-state index contributed by atoms with van der Waals surface area (Å²) in [6.45, 7) is 2.16. The lowest BCUT2D eigenvalue weighted by Crippen LogP contribution is -2.03. The molecule has 0 atom stereocenters. The first kappa shape index (κ1) is 11.5. The van der Waals surface area contributed by atoms with Crippen LogP contribution in [0, 0.1) is 23.7 Å². The fourth-order valence-electron chi connectivity index (χ4n) is 1.87. The molecule has 0 heterocycles. The molecule has 1 fully saturated rings. The quantitative estimate of drug-likeness (QED) is 0.767. The molecule has 16 heavy (non-hydrogen) atoms. The molecule has 0 amide bonds. The van der Waals surface area contributed by atoms with E-state index < -0.39 is 0 Å². The zero-order chi connectivity index (χ0) is 11.4. The maximum absolute atomic E-state index is 8.74. The molecular formula is C14H17NS. The lowest BCUT2D eigenvalue weighted by atomic mass is 10.1. The minimum atomic E-state index is 0.377. The Balaban J connectivity index is 1.81. The zero-order valence-electron chi connectivity index (χ0n) is 9.70. The third-order valence-corrected chi connectivity index (χ3v) is 4.67. The summed E-state index contributed by atoms with van der Waals surface area (Å²) < 4.78 is 0. The van der Waals surface area contributed by atoms with E-state index in [1.807, 2.05) is 11.8 Å². The van der Waals surface area contributed by atoms with E-state index in [4.69, 9.17) is 5.26 Å². The monoisotopic (exact) mass is 231 g/mol. The van der Waals surface area contributed by atoms with Gasteiger partial charge in [0, 0.05) is 17.9 Å². The zero-order valence-corrected chi connectivity index (χ0v) is 10.5. The van der Waals surface area contributed by atoms with Crippen molar-refractivity contribution in [2.24, 2.45) is 5.41 Å². The second-order valence-electron chi connectivity index (χ2n) is 4.75. The highest BCUT2D eigenvalue weighted by Crippen LogP contribution is 2.51. The minimum absolute atomic E-state index is 0.377. The van der Waals surface area contributed by atoms with Gasteiger partial charge in [-0.25, -0.2) is 0 Å². The highest BCUT2D eigenvalue weighted by atomic mass is 32.2. The normalized spacial score (nSPS) is 16.8. The fourth-order valence-corrected chi connectivity index (χ4v) is 3.34. The van der Waals surface area contributed by atoms with Gasteiger partial charge >= 0.3 is 0 Å². The third-order valence-electron chi connectivity index (χ3n) is 3.34. The van der Waals surface area contributed by atoms with Crippen molar-refractivity contribution in [2.75, 3.05) is 5.75 Å². The van der Waals surface area contributed by atoms with E-state index >= 15 is 0 Å². The number of nitrogens with zero attached hydrogens (tertiary/aromatic N) is 1. The van der Waals surface area contributed by atoms with Gasteiger partial charge in [0.05, 0.1) is 6.07 Å². The molecule has 2 heteroatoms. The Morgan fingerprint density at radius 3 is 2.75 bits per heavy atom. The van der Waals surface area contributed by atoms with Gasteiger partial charge in [0.25, 0.3) is 0 Å². The number of benzene rings is 1. The Hall–Kier alpha value is -0.940. The predicted molar refractivity (Wildman–Crippen MR) is 69.2 cm³/mol. The predicted octanol–water partition coefficient (Wildman–Crippen LogP) is 3.92. The van der Waals surface area contributed by atoms with Gasteiger partial charge in [-0.3, -0.25) is 0 Å². The van der Waals surface area contributed by atoms with Crippen LogP contribution in [0.15, 0.2) is 24.3 Å². The Kier molecular flexibility index (Phi) is 3.56. The molecule has 0 bridgehead atoms. The van der Waals surface area contributed by atoms with E-state index in [0.29, 0.717) is 5.41 Å². The van der Waals surface area contributed by atoms with Crippen molar-refractivity contribution >= 4 is 11.8 Å². The van der Waals surface area contributed by atoms with Gasteiger partial charge in [0.1, 0.15) is 0 Å². The number of thioether (sulfide) groups is 1. The number of hydrogen-bond acceptors (Lipinski definition) is 2. The summed E-state index contributed by atoms with van der Waals surface area (Å²) in [4.78, 5) is 0. The maximum atomic E-state index is 8.74.